The molecule has 2 amide bonds. The van der Waals surface area contributed by atoms with Gasteiger partial charge < -0.3 is 10.2 Å². The van der Waals surface area contributed by atoms with Gasteiger partial charge in [0.1, 0.15) is 6.04 Å². The second-order valence-corrected chi connectivity index (χ2v) is 11.4. The lowest BCUT2D eigenvalue weighted by Gasteiger charge is -2.30. The van der Waals surface area contributed by atoms with Gasteiger partial charge in [-0.15, -0.1) is 0 Å². The maximum Gasteiger partial charge on any atom is 0.242 e. The highest BCUT2D eigenvalue weighted by Gasteiger charge is 2.27. The summed E-state index contributed by atoms with van der Waals surface area (Å²) in [5.74, 6) is -0.378. The van der Waals surface area contributed by atoms with Gasteiger partial charge >= 0.3 is 0 Å². The van der Waals surface area contributed by atoms with Gasteiger partial charge in [0.15, 0.2) is 0 Å². The monoisotopic (exact) mass is 515 g/mol. The Bertz CT molecular complexity index is 1120. The number of rotatable bonds is 13. The molecule has 2 aromatic carbocycles. The van der Waals surface area contributed by atoms with Crippen molar-refractivity contribution in [3.8, 4) is 0 Å². The summed E-state index contributed by atoms with van der Waals surface area (Å²) in [6.07, 6.45) is 3.31. The second kappa shape index (κ2) is 13.4. The van der Waals surface area contributed by atoms with E-state index in [-0.39, 0.29) is 30.8 Å². The van der Waals surface area contributed by atoms with Crippen molar-refractivity contribution in [3.63, 3.8) is 0 Å². The van der Waals surface area contributed by atoms with Gasteiger partial charge in [0.05, 0.1) is 11.9 Å². The predicted octanol–water partition coefficient (Wildman–Crippen LogP) is 4.44. The molecule has 1 N–H and O–H groups in total. The topological polar surface area (TPSA) is 86.8 Å². The van der Waals surface area contributed by atoms with Crippen LogP contribution in [0.15, 0.2) is 48.5 Å². The molecule has 0 aliphatic carbocycles. The molecule has 0 heterocycles. The van der Waals surface area contributed by atoms with Crippen molar-refractivity contribution < 1.29 is 18.0 Å². The number of carbonyl (C=O) groups excluding carboxylic acids is 2. The third kappa shape index (κ3) is 8.66. The fraction of sp³-hybridized carbons (Fsp3) is 0.500. The van der Waals surface area contributed by atoms with E-state index in [4.69, 9.17) is 0 Å². The highest BCUT2D eigenvalue weighted by molar-refractivity contribution is 7.92. The van der Waals surface area contributed by atoms with Gasteiger partial charge in [0, 0.05) is 25.6 Å². The molecule has 36 heavy (non-hydrogen) atoms. The molecule has 0 unspecified atom stereocenters. The van der Waals surface area contributed by atoms with E-state index in [1.807, 2.05) is 64.1 Å². The van der Waals surface area contributed by atoms with Crippen LogP contribution in [-0.4, -0.2) is 50.0 Å². The van der Waals surface area contributed by atoms with Gasteiger partial charge in [0.25, 0.3) is 0 Å². The number of hydrogen-bond donors (Lipinski definition) is 1. The zero-order valence-corrected chi connectivity index (χ0v) is 23.3. The Kier molecular flexibility index (Phi) is 11.0. The largest absolute Gasteiger partial charge is 0.352 e. The number of hydrogen-bond acceptors (Lipinski definition) is 4. The summed E-state index contributed by atoms with van der Waals surface area (Å²) < 4.78 is 26.3. The van der Waals surface area contributed by atoms with Crippen molar-refractivity contribution in [2.24, 2.45) is 0 Å². The zero-order valence-electron chi connectivity index (χ0n) is 22.5. The van der Waals surface area contributed by atoms with Crippen molar-refractivity contribution in [1.29, 1.82) is 0 Å². The molecule has 0 fully saturated rings. The third-order valence-electron chi connectivity index (χ3n) is 6.39. The molecule has 0 aromatic heterocycles. The molecule has 198 valence electrons. The predicted molar refractivity (Wildman–Crippen MR) is 146 cm³/mol. The van der Waals surface area contributed by atoms with Gasteiger partial charge in [-0.1, -0.05) is 55.8 Å². The lowest BCUT2D eigenvalue weighted by molar-refractivity contribution is -0.140. The SMILES string of the molecule is CCc1ccc(N(CCCC(=O)N(Cc2cccc(C)c2)[C@H](C)C(=O)N[C@@H](C)CC)S(C)(=O)=O)cc1. The van der Waals surface area contributed by atoms with Gasteiger partial charge in [-0.2, -0.15) is 0 Å². The number of nitrogens with zero attached hydrogens (tertiary/aromatic N) is 2. The molecule has 2 atom stereocenters. The number of carbonyl (C=O) groups is 2. The molecule has 7 nitrogen and oxygen atoms in total. The number of anilines is 1. The molecule has 0 aliphatic rings. The van der Waals surface area contributed by atoms with Gasteiger partial charge in [0.2, 0.25) is 21.8 Å². The fourth-order valence-corrected chi connectivity index (χ4v) is 4.92. The van der Waals surface area contributed by atoms with Crippen LogP contribution in [-0.2, 0) is 32.6 Å². The zero-order chi connectivity index (χ0) is 26.9. The van der Waals surface area contributed by atoms with Crippen molar-refractivity contribution in [1.82, 2.24) is 10.2 Å². The van der Waals surface area contributed by atoms with E-state index in [1.54, 1.807) is 24.0 Å². The van der Waals surface area contributed by atoms with E-state index < -0.39 is 16.1 Å². The number of nitrogens with one attached hydrogen (secondary N) is 1. The number of benzene rings is 2. The summed E-state index contributed by atoms with van der Waals surface area (Å²) in [7, 11) is -3.51. The van der Waals surface area contributed by atoms with E-state index in [9.17, 15) is 18.0 Å². The maximum absolute atomic E-state index is 13.4. The van der Waals surface area contributed by atoms with E-state index in [2.05, 4.69) is 5.32 Å². The smallest absolute Gasteiger partial charge is 0.242 e. The van der Waals surface area contributed by atoms with Crippen LogP contribution in [0.3, 0.4) is 0 Å². The first-order valence-corrected chi connectivity index (χ1v) is 14.5. The summed E-state index contributed by atoms with van der Waals surface area (Å²) in [4.78, 5) is 27.8. The normalized spacial score (nSPS) is 13.1. The van der Waals surface area contributed by atoms with Crippen LogP contribution in [0, 0.1) is 6.92 Å². The molecule has 0 radical (unpaired) electrons. The Balaban J connectivity index is 2.17. The molecule has 0 aliphatic heterocycles. The Hall–Kier alpha value is -2.87. The average Bonchev–Trinajstić information content (AvgIpc) is 2.83. The number of sulfonamides is 1. The molecular weight excluding hydrogens is 474 g/mol. The third-order valence-corrected chi connectivity index (χ3v) is 7.58. The molecule has 2 aromatic rings. The first-order chi connectivity index (χ1) is 17.0. The van der Waals surface area contributed by atoms with Gasteiger partial charge in [-0.3, -0.25) is 13.9 Å². The molecule has 0 spiro atoms. The molecule has 8 heteroatoms. The van der Waals surface area contributed by atoms with Crippen molar-refractivity contribution in [3.05, 3.63) is 65.2 Å². The standard InChI is InChI=1S/C28H41N3O4S/c1-7-22(4)29-28(33)23(5)30(20-25-12-9-11-21(3)19-25)27(32)13-10-18-31(36(6,34)35)26-16-14-24(8-2)15-17-26/h9,11-12,14-17,19,22-23H,7-8,10,13,18,20H2,1-6H3,(H,29,33)/t22-,23+/m0/s1. The van der Waals surface area contributed by atoms with Crippen LogP contribution >= 0.6 is 0 Å². The minimum Gasteiger partial charge on any atom is -0.352 e. The van der Waals surface area contributed by atoms with Gasteiger partial charge in [-0.05, 0) is 63.3 Å². The fourth-order valence-electron chi connectivity index (χ4n) is 3.96. The lowest BCUT2D eigenvalue weighted by Crippen LogP contribution is -2.49. The Labute approximate surface area is 216 Å². The molecule has 0 saturated carbocycles. The number of amides is 2. The Morgan fingerprint density at radius 2 is 1.67 bits per heavy atom. The first kappa shape index (κ1) is 29.4. The van der Waals surface area contributed by atoms with Crippen LogP contribution < -0.4 is 9.62 Å². The van der Waals surface area contributed by atoms with E-state index >= 15 is 0 Å². The van der Waals surface area contributed by atoms with Crippen LogP contribution in [0.25, 0.3) is 0 Å². The maximum atomic E-state index is 13.4. The van der Waals surface area contributed by atoms with E-state index in [0.29, 0.717) is 18.7 Å². The van der Waals surface area contributed by atoms with E-state index in [1.165, 1.54) is 10.6 Å². The van der Waals surface area contributed by atoms with Crippen LogP contribution in [0.1, 0.15) is 63.6 Å². The van der Waals surface area contributed by atoms with Crippen LogP contribution in [0.4, 0.5) is 5.69 Å². The summed E-state index contributed by atoms with van der Waals surface area (Å²) >= 11 is 0. The molecular formula is C28H41N3O4S. The summed E-state index contributed by atoms with van der Waals surface area (Å²) in [6.45, 7) is 10.2. The quantitative estimate of drug-likeness (QED) is 0.427. The highest BCUT2D eigenvalue weighted by atomic mass is 32.2. The summed E-state index contributed by atoms with van der Waals surface area (Å²) in [5.41, 5.74) is 3.73. The minimum absolute atomic E-state index is 0.0123. The summed E-state index contributed by atoms with van der Waals surface area (Å²) in [6, 6.07) is 14.7. The molecule has 2 rings (SSSR count). The van der Waals surface area contributed by atoms with E-state index in [0.717, 1.165) is 29.5 Å². The van der Waals surface area contributed by atoms with Crippen molar-refractivity contribution in [2.45, 2.75) is 78.9 Å². The lowest BCUT2D eigenvalue weighted by atomic mass is 10.1. The first-order valence-electron chi connectivity index (χ1n) is 12.7. The molecule has 0 bridgehead atoms. The van der Waals surface area contributed by atoms with Crippen molar-refractivity contribution >= 4 is 27.5 Å². The average molecular weight is 516 g/mol. The molecule has 0 saturated heterocycles. The second-order valence-electron chi connectivity index (χ2n) is 9.46. The Morgan fingerprint density at radius 1 is 1.00 bits per heavy atom. The van der Waals surface area contributed by atoms with Crippen molar-refractivity contribution in [2.75, 3.05) is 17.1 Å². The van der Waals surface area contributed by atoms with Gasteiger partial charge in [-0.25, -0.2) is 8.42 Å². The van der Waals surface area contributed by atoms with Crippen LogP contribution in [0.5, 0.6) is 0 Å². The highest BCUT2D eigenvalue weighted by Crippen LogP contribution is 2.20. The Morgan fingerprint density at radius 3 is 2.22 bits per heavy atom. The van der Waals surface area contributed by atoms with Crippen LogP contribution in [0.2, 0.25) is 0 Å². The summed E-state index contributed by atoms with van der Waals surface area (Å²) in [5, 5.41) is 2.97. The minimum atomic E-state index is -3.51. The number of aryl methyl sites for hydroxylation is 2.